The molecule has 1 saturated heterocycles. The highest BCUT2D eigenvalue weighted by molar-refractivity contribution is 8.00. The summed E-state index contributed by atoms with van der Waals surface area (Å²) in [6.45, 7) is 3.91. The average Bonchev–Trinajstić information content (AvgIpc) is 3.21. The van der Waals surface area contributed by atoms with E-state index in [1.54, 1.807) is 12.4 Å². The molecule has 1 aliphatic rings. The summed E-state index contributed by atoms with van der Waals surface area (Å²) < 4.78 is 14.4. The fourth-order valence-corrected chi connectivity index (χ4v) is 5.35. The van der Waals surface area contributed by atoms with Crippen molar-refractivity contribution in [2.24, 2.45) is 0 Å². The molecule has 0 bridgehead atoms. The van der Waals surface area contributed by atoms with Crippen molar-refractivity contribution < 1.29 is 4.39 Å². The highest BCUT2D eigenvalue weighted by Gasteiger charge is 2.17. The molecule has 3 heterocycles. The Kier molecular flexibility index (Phi) is 6.50. The second-order valence-corrected chi connectivity index (χ2v) is 9.52. The van der Waals surface area contributed by atoms with Gasteiger partial charge in [0.2, 0.25) is 0 Å². The number of rotatable bonds is 5. The first-order valence-corrected chi connectivity index (χ1v) is 11.4. The van der Waals surface area contributed by atoms with Crippen LogP contribution in [0.15, 0.2) is 28.9 Å². The summed E-state index contributed by atoms with van der Waals surface area (Å²) in [6.07, 6.45) is 3.50. The zero-order valence-corrected chi connectivity index (χ0v) is 18.6. The van der Waals surface area contributed by atoms with Gasteiger partial charge in [-0.15, -0.1) is 10.2 Å². The molecule has 2 aromatic heterocycles. The predicted molar refractivity (Wildman–Crippen MR) is 117 cm³/mol. The van der Waals surface area contributed by atoms with Crippen LogP contribution in [0.3, 0.4) is 0 Å². The second kappa shape index (κ2) is 9.09. The van der Waals surface area contributed by atoms with Gasteiger partial charge in [-0.3, -0.25) is 0 Å². The number of piperazine rings is 1. The highest BCUT2D eigenvalue weighted by atomic mass is 35.5. The molecular weight excluding hydrogens is 454 g/mol. The van der Waals surface area contributed by atoms with E-state index in [1.807, 2.05) is 0 Å². The minimum Gasteiger partial charge on any atom is -0.353 e. The topological polar surface area (TPSA) is 58.0 Å². The van der Waals surface area contributed by atoms with Gasteiger partial charge in [0.1, 0.15) is 17.3 Å². The molecule has 0 aliphatic carbocycles. The van der Waals surface area contributed by atoms with Crippen LogP contribution in [-0.4, -0.2) is 58.3 Å². The summed E-state index contributed by atoms with van der Waals surface area (Å²) in [5, 5.41) is 9.53. The summed E-state index contributed by atoms with van der Waals surface area (Å²) in [4.78, 5) is 13.6. The molecular formula is C18H17Cl2FN6S2. The van der Waals surface area contributed by atoms with Crippen LogP contribution >= 0.6 is 46.3 Å². The first-order valence-electron chi connectivity index (χ1n) is 8.86. The van der Waals surface area contributed by atoms with Gasteiger partial charge in [0.25, 0.3) is 0 Å². The summed E-state index contributed by atoms with van der Waals surface area (Å²) in [5.74, 6) is 0.787. The van der Waals surface area contributed by atoms with Crippen LogP contribution in [0.2, 0.25) is 10.0 Å². The Labute approximate surface area is 186 Å². The maximum absolute atomic E-state index is 13.7. The SMILES string of the molecule is CN1CCN(c2cnc(-c3nnc(SCc4c(Cl)ccc(F)c4Cl)s3)cn2)CC1. The second-order valence-electron chi connectivity index (χ2n) is 6.53. The molecule has 152 valence electrons. The van der Waals surface area contributed by atoms with Crippen LogP contribution in [0.5, 0.6) is 0 Å². The van der Waals surface area contributed by atoms with E-state index in [4.69, 9.17) is 23.2 Å². The van der Waals surface area contributed by atoms with Crippen LogP contribution in [0.25, 0.3) is 10.7 Å². The van der Waals surface area contributed by atoms with Crippen molar-refractivity contribution in [1.82, 2.24) is 25.1 Å². The molecule has 11 heteroatoms. The van der Waals surface area contributed by atoms with Crippen molar-refractivity contribution >= 4 is 52.1 Å². The summed E-state index contributed by atoms with van der Waals surface area (Å²) in [6, 6.07) is 2.76. The Bertz CT molecular complexity index is 993. The third kappa shape index (κ3) is 4.80. The fraction of sp³-hybridized carbons (Fsp3) is 0.333. The van der Waals surface area contributed by atoms with E-state index in [1.165, 1.54) is 35.2 Å². The van der Waals surface area contributed by atoms with E-state index in [-0.39, 0.29) is 5.02 Å². The highest BCUT2D eigenvalue weighted by Crippen LogP contribution is 2.35. The molecule has 6 nitrogen and oxygen atoms in total. The standard InChI is InChI=1S/C18H17Cl2FN6S2/c1-26-4-6-27(7-5-26)15-9-22-14(8-23-15)17-24-25-18(29-17)28-10-11-12(19)2-3-13(21)16(11)20/h2-3,8-9H,4-7,10H2,1H3. The van der Waals surface area contributed by atoms with E-state index >= 15 is 0 Å². The number of nitrogens with zero attached hydrogens (tertiary/aromatic N) is 6. The van der Waals surface area contributed by atoms with Gasteiger partial charge in [-0.1, -0.05) is 46.3 Å². The molecule has 0 radical (unpaired) electrons. The number of thioether (sulfide) groups is 1. The molecule has 0 saturated carbocycles. The van der Waals surface area contributed by atoms with Crippen molar-refractivity contribution in [3.05, 3.63) is 46.0 Å². The third-order valence-corrected chi connectivity index (χ3v) is 7.44. The normalized spacial score (nSPS) is 15.1. The Morgan fingerprint density at radius 1 is 1.10 bits per heavy atom. The Morgan fingerprint density at radius 3 is 2.62 bits per heavy atom. The van der Waals surface area contributed by atoms with E-state index < -0.39 is 5.82 Å². The zero-order valence-electron chi connectivity index (χ0n) is 15.5. The van der Waals surface area contributed by atoms with Crippen molar-refractivity contribution in [3.8, 4) is 10.7 Å². The summed E-state index contributed by atoms with van der Waals surface area (Å²) in [5.41, 5.74) is 1.22. The van der Waals surface area contributed by atoms with Crippen LogP contribution in [0, 0.1) is 5.82 Å². The molecule has 1 fully saturated rings. The van der Waals surface area contributed by atoms with Gasteiger partial charge in [0, 0.05) is 42.5 Å². The Morgan fingerprint density at radius 2 is 1.90 bits per heavy atom. The van der Waals surface area contributed by atoms with E-state index in [2.05, 4.69) is 37.0 Å². The average molecular weight is 471 g/mol. The Hall–Kier alpha value is -1.52. The fourth-order valence-electron chi connectivity index (χ4n) is 2.84. The molecule has 1 aromatic carbocycles. The smallest absolute Gasteiger partial charge is 0.175 e. The number of hydrogen-bond donors (Lipinski definition) is 0. The largest absolute Gasteiger partial charge is 0.353 e. The van der Waals surface area contributed by atoms with Gasteiger partial charge in [-0.05, 0) is 19.2 Å². The summed E-state index contributed by atoms with van der Waals surface area (Å²) >= 11 is 15.0. The van der Waals surface area contributed by atoms with Gasteiger partial charge < -0.3 is 9.80 Å². The van der Waals surface area contributed by atoms with E-state index in [0.29, 0.717) is 27.0 Å². The Balaban J connectivity index is 1.42. The molecule has 4 rings (SSSR count). The van der Waals surface area contributed by atoms with Crippen molar-refractivity contribution in [3.63, 3.8) is 0 Å². The van der Waals surface area contributed by atoms with Gasteiger partial charge in [-0.25, -0.2) is 14.4 Å². The van der Waals surface area contributed by atoms with Crippen LogP contribution < -0.4 is 4.90 Å². The number of hydrogen-bond acceptors (Lipinski definition) is 8. The maximum Gasteiger partial charge on any atom is 0.175 e. The van der Waals surface area contributed by atoms with Gasteiger partial charge in [0.05, 0.1) is 17.4 Å². The third-order valence-electron chi connectivity index (χ3n) is 4.57. The molecule has 29 heavy (non-hydrogen) atoms. The minimum atomic E-state index is -0.486. The quantitative estimate of drug-likeness (QED) is 0.402. The van der Waals surface area contributed by atoms with Crippen molar-refractivity contribution in [1.29, 1.82) is 0 Å². The van der Waals surface area contributed by atoms with E-state index in [9.17, 15) is 4.39 Å². The van der Waals surface area contributed by atoms with Crippen LogP contribution in [0.1, 0.15) is 5.56 Å². The van der Waals surface area contributed by atoms with Gasteiger partial charge in [-0.2, -0.15) is 0 Å². The molecule has 0 atom stereocenters. The lowest BCUT2D eigenvalue weighted by atomic mass is 10.2. The monoisotopic (exact) mass is 470 g/mol. The molecule has 0 amide bonds. The molecule has 1 aliphatic heterocycles. The number of anilines is 1. The molecule has 0 spiro atoms. The van der Waals surface area contributed by atoms with Crippen LogP contribution in [0.4, 0.5) is 10.2 Å². The number of benzene rings is 1. The minimum absolute atomic E-state index is 0.0418. The van der Waals surface area contributed by atoms with E-state index in [0.717, 1.165) is 36.3 Å². The van der Waals surface area contributed by atoms with Crippen molar-refractivity contribution in [2.75, 3.05) is 38.1 Å². The predicted octanol–water partition coefficient (Wildman–Crippen LogP) is 4.49. The van der Waals surface area contributed by atoms with Gasteiger partial charge >= 0.3 is 0 Å². The maximum atomic E-state index is 13.7. The number of likely N-dealkylation sites (N-methyl/N-ethyl adjacent to an activating group) is 1. The molecule has 0 N–H and O–H groups in total. The zero-order chi connectivity index (χ0) is 20.4. The lowest BCUT2D eigenvalue weighted by molar-refractivity contribution is 0.312. The number of aromatic nitrogens is 4. The first-order chi connectivity index (χ1) is 14.0. The number of halogens is 3. The van der Waals surface area contributed by atoms with Crippen molar-refractivity contribution in [2.45, 2.75) is 10.1 Å². The lowest BCUT2D eigenvalue weighted by Gasteiger charge is -2.32. The molecule has 0 unspecified atom stereocenters. The summed E-state index contributed by atoms with van der Waals surface area (Å²) in [7, 11) is 2.12. The lowest BCUT2D eigenvalue weighted by Crippen LogP contribution is -2.44. The molecule has 3 aromatic rings. The van der Waals surface area contributed by atoms with Crippen LogP contribution in [-0.2, 0) is 5.75 Å². The first kappa shape index (κ1) is 20.7. The van der Waals surface area contributed by atoms with Gasteiger partial charge in [0.15, 0.2) is 9.35 Å².